The lowest BCUT2D eigenvalue weighted by atomic mass is 9.75. The van der Waals surface area contributed by atoms with Crippen molar-refractivity contribution in [2.45, 2.75) is 118 Å². The van der Waals surface area contributed by atoms with Gasteiger partial charge in [-0.15, -0.1) is 0 Å². The van der Waals surface area contributed by atoms with Crippen molar-refractivity contribution >= 4 is 11.9 Å². The quantitative estimate of drug-likeness (QED) is 0.436. The van der Waals surface area contributed by atoms with Crippen LogP contribution in [0, 0.1) is 47.3 Å². The second-order valence-electron chi connectivity index (χ2n) is 12.5. The fraction of sp³-hybridized carbons (Fsp3) is 0.929. The number of cyclic esters (lactones) is 2. The van der Waals surface area contributed by atoms with Gasteiger partial charge in [0.15, 0.2) is 0 Å². The molecule has 34 heavy (non-hydrogen) atoms. The molecule has 4 fully saturated rings. The maximum Gasteiger partial charge on any atom is 0.308 e. The zero-order valence-corrected chi connectivity index (χ0v) is 22.0. The lowest BCUT2D eigenvalue weighted by molar-refractivity contribution is -0.225. The van der Waals surface area contributed by atoms with Gasteiger partial charge in [-0.1, -0.05) is 54.4 Å². The normalized spacial score (nSPS) is 43.4. The maximum absolute atomic E-state index is 12.4. The van der Waals surface area contributed by atoms with Crippen molar-refractivity contribution in [3.63, 3.8) is 0 Å². The topological polar surface area (TPSA) is 71.1 Å². The van der Waals surface area contributed by atoms with Crippen LogP contribution in [0.15, 0.2) is 0 Å². The van der Waals surface area contributed by atoms with Crippen molar-refractivity contribution in [1.29, 1.82) is 0 Å². The van der Waals surface area contributed by atoms with Gasteiger partial charge in [-0.2, -0.15) is 0 Å². The Morgan fingerprint density at radius 1 is 0.676 bits per heavy atom. The summed E-state index contributed by atoms with van der Waals surface area (Å²) in [5.74, 6) is 2.23. The third-order valence-electron chi connectivity index (χ3n) is 9.09. The first-order valence-electron chi connectivity index (χ1n) is 13.8. The molecule has 0 aromatic carbocycles. The van der Waals surface area contributed by atoms with Crippen LogP contribution in [0.4, 0.5) is 0 Å². The highest BCUT2D eigenvalue weighted by Crippen LogP contribution is 2.44. The average molecular weight is 479 g/mol. The van der Waals surface area contributed by atoms with Crippen LogP contribution in [0.1, 0.15) is 92.9 Å². The van der Waals surface area contributed by atoms with Gasteiger partial charge in [0, 0.05) is 11.8 Å². The maximum atomic E-state index is 12.4. The molecule has 2 aliphatic heterocycles. The predicted octanol–water partition coefficient (Wildman–Crippen LogP) is 5.72. The molecule has 10 atom stereocenters. The van der Waals surface area contributed by atoms with Crippen LogP contribution in [0.25, 0.3) is 0 Å². The van der Waals surface area contributed by atoms with E-state index in [0.29, 0.717) is 35.5 Å². The van der Waals surface area contributed by atoms with E-state index in [0.717, 1.165) is 25.7 Å². The van der Waals surface area contributed by atoms with E-state index in [2.05, 4.69) is 41.5 Å². The fourth-order valence-electron chi connectivity index (χ4n) is 6.96. The molecule has 0 radical (unpaired) electrons. The molecule has 6 heteroatoms. The van der Waals surface area contributed by atoms with E-state index in [9.17, 15) is 9.59 Å². The van der Waals surface area contributed by atoms with Crippen molar-refractivity contribution in [2.24, 2.45) is 47.3 Å². The highest BCUT2D eigenvalue weighted by atomic mass is 16.7. The number of carbonyl (C=O) groups is 2. The first-order valence-corrected chi connectivity index (χ1v) is 13.8. The minimum Gasteiger partial charge on any atom is -0.435 e. The van der Waals surface area contributed by atoms with Gasteiger partial charge in [0.1, 0.15) is 0 Å². The van der Waals surface area contributed by atoms with E-state index in [-0.39, 0.29) is 48.8 Å². The summed E-state index contributed by atoms with van der Waals surface area (Å²) in [5, 5.41) is 0. The molecule has 0 aromatic heterocycles. The van der Waals surface area contributed by atoms with Crippen LogP contribution in [-0.4, -0.2) is 36.7 Å². The lowest BCUT2D eigenvalue weighted by Crippen LogP contribution is -2.43. The first-order chi connectivity index (χ1) is 16.1. The van der Waals surface area contributed by atoms with E-state index in [1.165, 1.54) is 12.8 Å². The number of hydrogen-bond acceptors (Lipinski definition) is 6. The summed E-state index contributed by atoms with van der Waals surface area (Å²) in [4.78, 5) is 24.9. The molecule has 0 amide bonds. The Labute approximate surface area is 205 Å². The third-order valence-corrected chi connectivity index (χ3v) is 9.09. The third kappa shape index (κ3) is 5.80. The lowest BCUT2D eigenvalue weighted by Gasteiger charge is -2.40. The first kappa shape index (κ1) is 25.9. The van der Waals surface area contributed by atoms with Gasteiger partial charge in [-0.25, -0.2) is 0 Å². The molecule has 194 valence electrons. The molecule has 0 spiro atoms. The summed E-state index contributed by atoms with van der Waals surface area (Å²) >= 11 is 0. The monoisotopic (exact) mass is 478 g/mol. The summed E-state index contributed by atoms with van der Waals surface area (Å²) < 4.78 is 24.6. The van der Waals surface area contributed by atoms with Gasteiger partial charge >= 0.3 is 11.9 Å². The highest BCUT2D eigenvalue weighted by molar-refractivity contribution is 5.74. The Morgan fingerprint density at radius 2 is 1.06 bits per heavy atom. The number of carbonyl (C=O) groups excluding carboxylic acids is 2. The van der Waals surface area contributed by atoms with Crippen LogP contribution < -0.4 is 0 Å². The zero-order valence-electron chi connectivity index (χ0n) is 22.0. The van der Waals surface area contributed by atoms with Crippen LogP contribution in [-0.2, 0) is 28.5 Å². The van der Waals surface area contributed by atoms with Crippen LogP contribution in [0.5, 0.6) is 0 Å². The average Bonchev–Trinajstić information content (AvgIpc) is 3.29. The van der Waals surface area contributed by atoms with Crippen LogP contribution >= 0.6 is 0 Å². The van der Waals surface area contributed by atoms with E-state index in [1.54, 1.807) is 0 Å². The van der Waals surface area contributed by atoms with Crippen molar-refractivity contribution < 1.29 is 28.5 Å². The zero-order chi connectivity index (χ0) is 24.6. The minimum atomic E-state index is -0.624. The minimum absolute atomic E-state index is 0.0732. The Bertz CT molecular complexity index is 660. The molecule has 4 aliphatic rings. The molecule has 0 N–H and O–H groups in total. The van der Waals surface area contributed by atoms with Gasteiger partial charge in [-0.05, 0) is 61.2 Å². The number of hydrogen-bond donors (Lipinski definition) is 0. The molecule has 0 aromatic rings. The van der Waals surface area contributed by atoms with Crippen molar-refractivity contribution in [1.82, 2.24) is 0 Å². The molecule has 2 heterocycles. The van der Waals surface area contributed by atoms with Crippen molar-refractivity contribution in [3.8, 4) is 0 Å². The largest absolute Gasteiger partial charge is 0.435 e. The predicted molar refractivity (Wildman–Crippen MR) is 128 cm³/mol. The molecule has 0 bridgehead atoms. The second kappa shape index (κ2) is 10.9. The molecule has 0 unspecified atom stereocenters. The highest BCUT2D eigenvalue weighted by Gasteiger charge is 2.52. The molecular weight excluding hydrogens is 432 g/mol. The van der Waals surface area contributed by atoms with Gasteiger partial charge in [0.2, 0.25) is 12.6 Å². The summed E-state index contributed by atoms with van der Waals surface area (Å²) in [7, 11) is 0. The van der Waals surface area contributed by atoms with Crippen molar-refractivity contribution in [3.05, 3.63) is 0 Å². The molecule has 2 aliphatic carbocycles. The van der Waals surface area contributed by atoms with E-state index in [4.69, 9.17) is 18.9 Å². The molecular formula is C28H46O6. The summed E-state index contributed by atoms with van der Waals surface area (Å²) in [6.07, 6.45) is 6.10. The summed E-state index contributed by atoms with van der Waals surface area (Å²) in [5.41, 5.74) is 0. The van der Waals surface area contributed by atoms with Crippen LogP contribution in [0.3, 0.4) is 0 Å². The molecule has 6 nitrogen and oxygen atoms in total. The smallest absolute Gasteiger partial charge is 0.308 e. The van der Waals surface area contributed by atoms with E-state index < -0.39 is 12.6 Å². The Morgan fingerprint density at radius 3 is 1.41 bits per heavy atom. The van der Waals surface area contributed by atoms with E-state index >= 15 is 0 Å². The van der Waals surface area contributed by atoms with Gasteiger partial charge in [0.05, 0.1) is 25.0 Å². The van der Waals surface area contributed by atoms with Crippen LogP contribution in [0.2, 0.25) is 0 Å². The molecule has 2 saturated carbocycles. The van der Waals surface area contributed by atoms with Gasteiger partial charge < -0.3 is 18.9 Å². The number of esters is 2. The molecule has 4 rings (SSSR count). The SMILES string of the molecule is CC(C)[C@@H]1CC[C@@H](C)C[C@H]1O[C@@H]1OC(=O)C[C@H]1[C@@H]1CC(=O)O[C@H]1O[C@@H]1C[C@H](C)CC[C@H]1C(C)C. The Hall–Kier alpha value is -1.14. The summed E-state index contributed by atoms with van der Waals surface area (Å²) in [6.45, 7) is 13.5. The fourth-order valence-corrected chi connectivity index (χ4v) is 6.96. The molecule has 2 saturated heterocycles. The van der Waals surface area contributed by atoms with Gasteiger partial charge in [-0.3, -0.25) is 9.59 Å². The second-order valence-corrected chi connectivity index (χ2v) is 12.5. The standard InChI is InChI=1S/C28H46O6/c1-15(2)19-9-7-17(5)11-23(19)31-27-21(13-25(29)33-27)22-14-26(30)34-28(22)32-24-12-18(6)8-10-20(24)16(3)4/h15-24,27-28H,7-14H2,1-6H3/t17-,18-,19+,20+,21+,22+,23-,24-,27-,28-/m1/s1. The Kier molecular flexibility index (Phi) is 8.28. The summed E-state index contributed by atoms with van der Waals surface area (Å²) in [6, 6.07) is 0. The number of ether oxygens (including phenoxy) is 4. The van der Waals surface area contributed by atoms with Gasteiger partial charge in [0.25, 0.3) is 0 Å². The van der Waals surface area contributed by atoms with E-state index in [1.807, 2.05) is 0 Å². The Balaban J connectivity index is 1.48. The number of rotatable bonds is 7. The van der Waals surface area contributed by atoms with Crippen molar-refractivity contribution in [2.75, 3.05) is 0 Å².